The molecule has 0 saturated carbocycles. The number of hydrogen-bond acceptors (Lipinski definition) is 5. The molecule has 1 N–H and O–H groups in total. The number of rotatable bonds is 10. The average molecular weight is 480 g/mol. The molecule has 5 rings (SSSR count). The first-order valence-electron chi connectivity index (χ1n) is 12.3. The van der Waals surface area contributed by atoms with Crippen molar-refractivity contribution in [1.29, 1.82) is 0 Å². The van der Waals surface area contributed by atoms with Crippen LogP contribution >= 0.6 is 0 Å². The summed E-state index contributed by atoms with van der Waals surface area (Å²) in [4.78, 5) is 18.0. The molecule has 0 saturated heterocycles. The molecule has 182 valence electrons. The van der Waals surface area contributed by atoms with Gasteiger partial charge in [0.15, 0.2) is 0 Å². The largest absolute Gasteiger partial charge is 0.328 e. The Hall–Kier alpha value is -4.33. The molecule has 8 nitrogen and oxygen atoms in total. The van der Waals surface area contributed by atoms with E-state index in [2.05, 4.69) is 39.7 Å². The molecule has 0 aliphatic rings. The molecule has 0 bridgehead atoms. The van der Waals surface area contributed by atoms with Gasteiger partial charge in [-0.3, -0.25) is 14.1 Å². The van der Waals surface area contributed by atoms with E-state index >= 15 is 0 Å². The second-order valence-electron chi connectivity index (χ2n) is 8.84. The van der Waals surface area contributed by atoms with Crippen LogP contribution in [0, 0.1) is 0 Å². The molecule has 0 aliphatic carbocycles. The standard InChI is InChI=1S/C28H29N7O/c1-2-3-11-24-20-34(17-16-21-9-5-4-6-10-21)28(36)35(24)19-23-15-14-22(18-29-23)25-12-7-8-13-26(25)27-30-32-33-31-27/h4-10,12-15,18,20H,2-3,11,16-17,19H2,1H3,(H,30,31,32,33). The van der Waals surface area contributed by atoms with Crippen LogP contribution < -0.4 is 5.69 Å². The molecule has 8 heteroatoms. The lowest BCUT2D eigenvalue weighted by atomic mass is 10.0. The van der Waals surface area contributed by atoms with Gasteiger partial charge in [-0.2, -0.15) is 5.21 Å². The highest BCUT2D eigenvalue weighted by atomic mass is 16.1. The van der Waals surface area contributed by atoms with Crippen LogP contribution in [0.2, 0.25) is 0 Å². The molecule has 0 radical (unpaired) electrons. The van der Waals surface area contributed by atoms with Crippen molar-refractivity contribution in [2.45, 2.75) is 45.7 Å². The molecule has 0 atom stereocenters. The molecule has 5 aromatic rings. The van der Waals surface area contributed by atoms with Crippen molar-refractivity contribution in [3.8, 4) is 22.5 Å². The van der Waals surface area contributed by atoms with E-state index in [0.29, 0.717) is 18.9 Å². The normalized spacial score (nSPS) is 11.1. The molecule has 3 aromatic heterocycles. The molecule has 36 heavy (non-hydrogen) atoms. The number of aromatic amines is 1. The number of nitrogens with one attached hydrogen (secondary N) is 1. The summed E-state index contributed by atoms with van der Waals surface area (Å²) in [6.07, 6.45) is 7.69. The number of pyridine rings is 1. The van der Waals surface area contributed by atoms with E-state index in [-0.39, 0.29) is 5.69 Å². The Kier molecular flexibility index (Phi) is 7.12. The van der Waals surface area contributed by atoms with Gasteiger partial charge >= 0.3 is 5.69 Å². The van der Waals surface area contributed by atoms with Crippen LogP contribution in [0.25, 0.3) is 22.5 Å². The molecule has 0 amide bonds. The van der Waals surface area contributed by atoms with Crippen molar-refractivity contribution < 1.29 is 0 Å². The van der Waals surface area contributed by atoms with E-state index < -0.39 is 0 Å². The summed E-state index contributed by atoms with van der Waals surface area (Å²) in [6, 6.07) is 22.2. The summed E-state index contributed by atoms with van der Waals surface area (Å²) < 4.78 is 3.71. The summed E-state index contributed by atoms with van der Waals surface area (Å²) in [7, 11) is 0. The number of tetrazole rings is 1. The smallest absolute Gasteiger partial charge is 0.299 e. The number of H-pyrrole nitrogens is 1. The van der Waals surface area contributed by atoms with Gasteiger partial charge in [0.05, 0.1) is 12.2 Å². The van der Waals surface area contributed by atoms with Gasteiger partial charge < -0.3 is 0 Å². The monoisotopic (exact) mass is 479 g/mol. The van der Waals surface area contributed by atoms with Gasteiger partial charge in [-0.1, -0.05) is 74.0 Å². The second-order valence-corrected chi connectivity index (χ2v) is 8.84. The van der Waals surface area contributed by atoms with Crippen molar-refractivity contribution in [3.05, 3.63) is 107 Å². The van der Waals surface area contributed by atoms with Crippen molar-refractivity contribution in [2.24, 2.45) is 0 Å². The van der Waals surface area contributed by atoms with Gasteiger partial charge in [-0.05, 0) is 41.7 Å². The molecule has 0 spiro atoms. The molecule has 2 aromatic carbocycles. The van der Waals surface area contributed by atoms with Crippen LogP contribution in [0.15, 0.2) is 83.9 Å². The maximum Gasteiger partial charge on any atom is 0.328 e. The number of unbranched alkanes of at least 4 members (excludes halogenated alkanes) is 1. The Morgan fingerprint density at radius 2 is 1.72 bits per heavy atom. The van der Waals surface area contributed by atoms with E-state index in [1.807, 2.05) is 76.1 Å². The third kappa shape index (κ3) is 5.17. The summed E-state index contributed by atoms with van der Waals surface area (Å²) >= 11 is 0. The first-order chi connectivity index (χ1) is 17.7. The fraction of sp³-hybridized carbons (Fsp3) is 0.250. The highest BCUT2D eigenvalue weighted by Crippen LogP contribution is 2.29. The van der Waals surface area contributed by atoms with Crippen LogP contribution in [0.5, 0.6) is 0 Å². The quantitative estimate of drug-likeness (QED) is 0.318. The Morgan fingerprint density at radius 3 is 2.44 bits per heavy atom. The zero-order valence-electron chi connectivity index (χ0n) is 20.3. The lowest BCUT2D eigenvalue weighted by molar-refractivity contribution is 0.621. The van der Waals surface area contributed by atoms with Gasteiger partial charge in [0, 0.05) is 35.8 Å². The summed E-state index contributed by atoms with van der Waals surface area (Å²) in [6.45, 7) is 3.28. The Balaban J connectivity index is 1.38. The topological polar surface area (TPSA) is 94.3 Å². The number of benzene rings is 2. The maximum absolute atomic E-state index is 13.3. The third-order valence-corrected chi connectivity index (χ3v) is 6.37. The number of imidazole rings is 1. The van der Waals surface area contributed by atoms with Crippen LogP contribution in [0.4, 0.5) is 0 Å². The number of aryl methyl sites for hydroxylation is 3. The second kappa shape index (κ2) is 10.9. The minimum atomic E-state index is 0.0189. The zero-order chi connectivity index (χ0) is 24.7. The fourth-order valence-corrected chi connectivity index (χ4v) is 4.41. The highest BCUT2D eigenvalue weighted by Gasteiger charge is 2.14. The number of hydrogen-bond donors (Lipinski definition) is 1. The van der Waals surface area contributed by atoms with Crippen LogP contribution in [0.3, 0.4) is 0 Å². The van der Waals surface area contributed by atoms with Gasteiger partial charge in [-0.15, -0.1) is 10.2 Å². The molecule has 0 unspecified atom stereocenters. The third-order valence-electron chi connectivity index (χ3n) is 6.37. The van der Waals surface area contributed by atoms with Crippen molar-refractivity contribution >= 4 is 0 Å². The lowest BCUT2D eigenvalue weighted by Gasteiger charge is -2.09. The Labute approximate surface area is 209 Å². The number of aromatic nitrogens is 7. The Bertz CT molecular complexity index is 1450. The van der Waals surface area contributed by atoms with Gasteiger partial charge in [0.2, 0.25) is 5.82 Å². The summed E-state index contributed by atoms with van der Waals surface area (Å²) in [5.74, 6) is 0.540. The minimum Gasteiger partial charge on any atom is -0.299 e. The molecular weight excluding hydrogens is 450 g/mol. The first kappa shape index (κ1) is 23.4. The number of nitrogens with zero attached hydrogens (tertiary/aromatic N) is 6. The predicted octanol–water partition coefficient (Wildman–Crippen LogP) is 4.53. The van der Waals surface area contributed by atoms with E-state index in [1.165, 1.54) is 5.56 Å². The van der Waals surface area contributed by atoms with Crippen molar-refractivity contribution in [3.63, 3.8) is 0 Å². The van der Waals surface area contributed by atoms with Gasteiger partial charge in [-0.25, -0.2) is 4.79 Å². The predicted molar refractivity (Wildman–Crippen MR) is 139 cm³/mol. The Morgan fingerprint density at radius 1 is 0.917 bits per heavy atom. The van der Waals surface area contributed by atoms with E-state index in [4.69, 9.17) is 4.98 Å². The zero-order valence-corrected chi connectivity index (χ0v) is 20.3. The van der Waals surface area contributed by atoms with E-state index in [0.717, 1.165) is 53.8 Å². The van der Waals surface area contributed by atoms with E-state index in [9.17, 15) is 4.79 Å². The van der Waals surface area contributed by atoms with E-state index in [1.54, 1.807) is 0 Å². The van der Waals surface area contributed by atoms with Gasteiger partial charge in [0.1, 0.15) is 0 Å². The average Bonchev–Trinajstić information content (AvgIpc) is 3.56. The summed E-state index contributed by atoms with van der Waals surface area (Å²) in [5, 5.41) is 14.4. The van der Waals surface area contributed by atoms with Crippen molar-refractivity contribution in [1.82, 2.24) is 34.7 Å². The van der Waals surface area contributed by atoms with Crippen molar-refractivity contribution in [2.75, 3.05) is 0 Å². The highest BCUT2D eigenvalue weighted by molar-refractivity contribution is 5.79. The lowest BCUT2D eigenvalue weighted by Crippen LogP contribution is -2.26. The molecule has 0 fully saturated rings. The van der Waals surface area contributed by atoms with Crippen LogP contribution in [0.1, 0.15) is 36.7 Å². The molecular formula is C28H29N7O. The molecule has 0 aliphatic heterocycles. The minimum absolute atomic E-state index is 0.0189. The van der Waals surface area contributed by atoms with Gasteiger partial charge in [0.25, 0.3) is 0 Å². The summed E-state index contributed by atoms with van der Waals surface area (Å²) in [5.41, 5.74) is 5.97. The molecule has 3 heterocycles. The van der Waals surface area contributed by atoms with Crippen LogP contribution in [-0.2, 0) is 25.9 Å². The maximum atomic E-state index is 13.3. The fourth-order valence-electron chi connectivity index (χ4n) is 4.41. The first-order valence-corrected chi connectivity index (χ1v) is 12.3. The SMILES string of the molecule is CCCCc1cn(CCc2ccccc2)c(=O)n1Cc1ccc(-c2ccccc2-c2nn[nH]n2)cn1. The van der Waals surface area contributed by atoms with Crippen LogP contribution in [-0.4, -0.2) is 34.7 Å².